The van der Waals surface area contributed by atoms with Gasteiger partial charge in [-0.1, -0.05) is 0 Å². The van der Waals surface area contributed by atoms with Crippen molar-refractivity contribution in [2.24, 2.45) is 0 Å². The summed E-state index contributed by atoms with van der Waals surface area (Å²) in [5.74, 6) is 0. The van der Waals surface area contributed by atoms with Crippen molar-refractivity contribution < 1.29 is 4.74 Å². The molecule has 0 aliphatic carbocycles. The van der Waals surface area contributed by atoms with Crippen LogP contribution in [0.15, 0.2) is 18.7 Å². The third kappa shape index (κ3) is 2.55. The second-order valence-corrected chi connectivity index (χ2v) is 2.16. The zero-order chi connectivity index (χ0) is 8.10. The number of halogens is 1. The summed E-state index contributed by atoms with van der Waals surface area (Å²) in [6, 6.07) is 0. The minimum atomic E-state index is 0.250. The molecular weight excluding hydrogens is 164 g/mol. The summed E-state index contributed by atoms with van der Waals surface area (Å²) in [5.41, 5.74) is 0.858. The molecule has 1 heterocycles. The number of methoxy groups -OCH3 is 1. The van der Waals surface area contributed by atoms with Gasteiger partial charge >= 0.3 is 0 Å². The molecule has 1 rings (SSSR count). The molecule has 0 saturated carbocycles. The van der Waals surface area contributed by atoms with Crippen LogP contribution in [0, 0.1) is 0 Å². The molecule has 0 aliphatic heterocycles. The molecule has 0 atom stereocenters. The van der Waals surface area contributed by atoms with Crippen LogP contribution < -0.4 is 0 Å². The van der Waals surface area contributed by atoms with Crippen LogP contribution in [-0.2, 0) is 4.74 Å². The zero-order valence-electron chi connectivity index (χ0n) is 5.99. The SMILES string of the molecule is CO/C=C/c1cnc(Cl)nc1. The lowest BCUT2D eigenvalue weighted by Gasteiger charge is -1.90. The maximum absolute atomic E-state index is 5.47. The highest BCUT2D eigenvalue weighted by Gasteiger charge is 1.88. The van der Waals surface area contributed by atoms with Gasteiger partial charge in [-0.05, 0) is 17.7 Å². The zero-order valence-corrected chi connectivity index (χ0v) is 6.75. The Morgan fingerprint density at radius 1 is 1.45 bits per heavy atom. The largest absolute Gasteiger partial charge is 0.504 e. The van der Waals surface area contributed by atoms with Crippen LogP contribution in [-0.4, -0.2) is 17.1 Å². The fourth-order valence-corrected chi connectivity index (χ4v) is 0.653. The van der Waals surface area contributed by atoms with E-state index in [1.165, 1.54) is 0 Å². The summed E-state index contributed by atoms with van der Waals surface area (Å²) in [5, 5.41) is 0.250. The van der Waals surface area contributed by atoms with Crippen molar-refractivity contribution >= 4 is 17.7 Å². The van der Waals surface area contributed by atoms with E-state index in [0.717, 1.165) is 5.56 Å². The summed E-state index contributed by atoms with van der Waals surface area (Å²) >= 11 is 5.47. The third-order valence-electron chi connectivity index (χ3n) is 1.04. The number of hydrogen-bond donors (Lipinski definition) is 0. The average Bonchev–Trinajstić information content (AvgIpc) is 2.04. The molecule has 4 heteroatoms. The van der Waals surface area contributed by atoms with Gasteiger partial charge in [-0.3, -0.25) is 0 Å². The number of rotatable bonds is 2. The van der Waals surface area contributed by atoms with Crippen molar-refractivity contribution in [3.63, 3.8) is 0 Å². The van der Waals surface area contributed by atoms with E-state index in [0.29, 0.717) is 0 Å². The Balaban J connectivity index is 2.73. The first-order valence-electron chi connectivity index (χ1n) is 3.00. The summed E-state index contributed by atoms with van der Waals surface area (Å²) in [6.07, 6.45) is 6.53. The second kappa shape index (κ2) is 3.93. The predicted molar refractivity (Wildman–Crippen MR) is 43.1 cm³/mol. The molecule has 1 aromatic rings. The summed E-state index contributed by atoms with van der Waals surface area (Å²) < 4.78 is 4.71. The first-order valence-corrected chi connectivity index (χ1v) is 3.37. The number of aromatic nitrogens is 2. The van der Waals surface area contributed by atoms with Crippen molar-refractivity contribution in [2.45, 2.75) is 0 Å². The van der Waals surface area contributed by atoms with Gasteiger partial charge in [-0.2, -0.15) is 0 Å². The normalized spacial score (nSPS) is 10.4. The van der Waals surface area contributed by atoms with Crippen LogP contribution >= 0.6 is 11.6 Å². The third-order valence-corrected chi connectivity index (χ3v) is 1.23. The highest BCUT2D eigenvalue weighted by molar-refractivity contribution is 6.28. The predicted octanol–water partition coefficient (Wildman–Crippen LogP) is 1.75. The van der Waals surface area contributed by atoms with Gasteiger partial charge in [-0.15, -0.1) is 0 Å². The number of ether oxygens (including phenoxy) is 1. The van der Waals surface area contributed by atoms with E-state index in [1.54, 1.807) is 31.8 Å². The molecule has 0 N–H and O–H groups in total. The quantitative estimate of drug-likeness (QED) is 0.501. The van der Waals surface area contributed by atoms with E-state index < -0.39 is 0 Å². The monoisotopic (exact) mass is 170 g/mol. The Labute approximate surface area is 69.7 Å². The van der Waals surface area contributed by atoms with Crippen molar-refractivity contribution in [1.82, 2.24) is 9.97 Å². The summed E-state index contributed by atoms with van der Waals surface area (Å²) in [6.45, 7) is 0. The van der Waals surface area contributed by atoms with Crippen molar-refractivity contribution in [1.29, 1.82) is 0 Å². The smallest absolute Gasteiger partial charge is 0.222 e. The highest BCUT2D eigenvalue weighted by Crippen LogP contribution is 2.01. The van der Waals surface area contributed by atoms with Crippen LogP contribution in [0.4, 0.5) is 0 Å². The van der Waals surface area contributed by atoms with Crippen LogP contribution in [0.1, 0.15) is 5.56 Å². The molecule has 11 heavy (non-hydrogen) atoms. The molecule has 58 valence electrons. The van der Waals surface area contributed by atoms with Gasteiger partial charge in [-0.25, -0.2) is 9.97 Å². The molecule has 0 radical (unpaired) electrons. The van der Waals surface area contributed by atoms with Crippen LogP contribution in [0.5, 0.6) is 0 Å². The molecule has 0 amide bonds. The van der Waals surface area contributed by atoms with Gasteiger partial charge in [0.2, 0.25) is 5.28 Å². The molecular formula is C7H7ClN2O. The fourth-order valence-electron chi connectivity index (χ4n) is 0.555. The first-order chi connectivity index (χ1) is 5.33. The van der Waals surface area contributed by atoms with E-state index in [9.17, 15) is 0 Å². The number of hydrogen-bond acceptors (Lipinski definition) is 3. The summed E-state index contributed by atoms with van der Waals surface area (Å²) in [4.78, 5) is 7.56. The first kappa shape index (κ1) is 8.01. The maximum Gasteiger partial charge on any atom is 0.222 e. The number of nitrogens with zero attached hydrogens (tertiary/aromatic N) is 2. The molecule has 0 unspecified atom stereocenters. The van der Waals surface area contributed by atoms with Gasteiger partial charge in [0.1, 0.15) is 0 Å². The highest BCUT2D eigenvalue weighted by atomic mass is 35.5. The van der Waals surface area contributed by atoms with E-state index in [2.05, 4.69) is 9.97 Å². The molecule has 0 aliphatic rings. The lowest BCUT2D eigenvalue weighted by molar-refractivity contribution is 0.341. The van der Waals surface area contributed by atoms with E-state index in [1.807, 2.05) is 0 Å². The minimum Gasteiger partial charge on any atom is -0.504 e. The Morgan fingerprint density at radius 3 is 2.64 bits per heavy atom. The van der Waals surface area contributed by atoms with Crippen LogP contribution in [0.3, 0.4) is 0 Å². The average molecular weight is 171 g/mol. The second-order valence-electron chi connectivity index (χ2n) is 1.82. The van der Waals surface area contributed by atoms with Gasteiger partial charge in [0.05, 0.1) is 13.4 Å². The van der Waals surface area contributed by atoms with Crippen molar-refractivity contribution in [3.8, 4) is 0 Å². The van der Waals surface area contributed by atoms with Gasteiger partial charge in [0.25, 0.3) is 0 Å². The fraction of sp³-hybridized carbons (Fsp3) is 0.143. The van der Waals surface area contributed by atoms with Crippen LogP contribution in [0.2, 0.25) is 5.28 Å². The molecule has 0 aromatic carbocycles. The van der Waals surface area contributed by atoms with Gasteiger partial charge in [0.15, 0.2) is 0 Å². The Bertz CT molecular complexity index is 245. The minimum absolute atomic E-state index is 0.250. The van der Waals surface area contributed by atoms with Crippen molar-refractivity contribution in [3.05, 3.63) is 29.5 Å². The standard InChI is InChI=1S/C7H7ClN2O/c1-11-3-2-6-4-9-7(8)10-5-6/h2-5H,1H3/b3-2+. The maximum atomic E-state index is 5.47. The van der Waals surface area contributed by atoms with E-state index in [4.69, 9.17) is 16.3 Å². The lowest BCUT2D eigenvalue weighted by Crippen LogP contribution is -1.81. The Kier molecular flexibility index (Phi) is 2.86. The topological polar surface area (TPSA) is 35.0 Å². The van der Waals surface area contributed by atoms with Crippen LogP contribution in [0.25, 0.3) is 6.08 Å². The molecule has 3 nitrogen and oxygen atoms in total. The van der Waals surface area contributed by atoms with Gasteiger partial charge in [0, 0.05) is 18.0 Å². The lowest BCUT2D eigenvalue weighted by atomic mass is 10.3. The molecule has 0 spiro atoms. The van der Waals surface area contributed by atoms with E-state index in [-0.39, 0.29) is 5.28 Å². The van der Waals surface area contributed by atoms with Gasteiger partial charge < -0.3 is 4.74 Å². The van der Waals surface area contributed by atoms with E-state index >= 15 is 0 Å². The molecule has 0 saturated heterocycles. The molecule has 1 aromatic heterocycles. The Hall–Kier alpha value is -1.09. The van der Waals surface area contributed by atoms with Crippen molar-refractivity contribution in [2.75, 3.05) is 7.11 Å². The molecule has 0 bridgehead atoms. The Morgan fingerprint density at radius 2 is 2.09 bits per heavy atom. The molecule has 0 fully saturated rings. The summed E-state index contributed by atoms with van der Waals surface area (Å²) in [7, 11) is 1.58.